The quantitative estimate of drug-likeness (QED) is 0.622. The molecule has 0 aromatic carbocycles. The molecule has 0 aliphatic heterocycles. The standard InChI is InChI=1S/C12H28OSi.Li.H/c1-10(2,3)14(13,11(4,5)6)12(7,8)9;;/h13H,1-9H3;;. The van der Waals surface area contributed by atoms with Crippen LogP contribution in [-0.4, -0.2) is 32.0 Å². The third kappa shape index (κ3) is 3.13. The number of rotatable bonds is 0. The molecule has 0 aliphatic carbocycles. The summed E-state index contributed by atoms with van der Waals surface area (Å²) in [6.45, 7) is 19.6. The van der Waals surface area contributed by atoms with Gasteiger partial charge < -0.3 is 4.80 Å². The van der Waals surface area contributed by atoms with Gasteiger partial charge in [0.15, 0.2) is 0 Å². The van der Waals surface area contributed by atoms with Gasteiger partial charge in [-0.15, -0.1) is 0 Å². The first-order valence-corrected chi connectivity index (χ1v) is 7.42. The van der Waals surface area contributed by atoms with Crippen LogP contribution in [0.3, 0.4) is 0 Å². The van der Waals surface area contributed by atoms with Gasteiger partial charge in [0.25, 0.3) is 0 Å². The van der Waals surface area contributed by atoms with Crippen LogP contribution in [0.4, 0.5) is 0 Å². The molecule has 0 aromatic rings. The summed E-state index contributed by atoms with van der Waals surface area (Å²) in [6.07, 6.45) is 0. The molecular weight excluding hydrogens is 195 g/mol. The van der Waals surface area contributed by atoms with E-state index in [2.05, 4.69) is 62.3 Å². The Kier molecular flexibility index (Phi) is 5.53. The van der Waals surface area contributed by atoms with E-state index in [0.29, 0.717) is 0 Å². The van der Waals surface area contributed by atoms with E-state index in [-0.39, 0.29) is 34.0 Å². The Morgan fingerprint density at radius 3 is 0.733 bits per heavy atom. The second kappa shape index (κ2) is 4.57. The van der Waals surface area contributed by atoms with Gasteiger partial charge in [0.2, 0.25) is 8.32 Å². The first-order valence-electron chi connectivity index (χ1n) is 5.47. The van der Waals surface area contributed by atoms with Gasteiger partial charge >= 0.3 is 18.9 Å². The molecule has 0 rings (SSSR count). The second-order valence-electron chi connectivity index (χ2n) is 7.46. The van der Waals surface area contributed by atoms with Crippen LogP contribution in [0.5, 0.6) is 0 Å². The maximum absolute atomic E-state index is 11.2. The summed E-state index contributed by atoms with van der Waals surface area (Å²) >= 11 is 0. The molecular formula is C12H29LiOSi. The molecule has 0 radical (unpaired) electrons. The number of hydrogen-bond donors (Lipinski definition) is 1. The van der Waals surface area contributed by atoms with E-state index in [0.717, 1.165) is 0 Å². The molecule has 0 aliphatic rings. The van der Waals surface area contributed by atoms with Gasteiger partial charge in [-0.1, -0.05) is 62.3 Å². The van der Waals surface area contributed by atoms with Gasteiger partial charge in [-0.2, -0.15) is 0 Å². The molecule has 0 fully saturated rings. The Hall–Kier alpha value is 0.774. The van der Waals surface area contributed by atoms with E-state index in [9.17, 15) is 4.80 Å². The summed E-state index contributed by atoms with van der Waals surface area (Å²) in [5, 5.41) is 0.0521. The minimum absolute atomic E-state index is 0. The Balaban J connectivity index is 0. The maximum atomic E-state index is 11.2. The van der Waals surface area contributed by atoms with Gasteiger partial charge in [0.05, 0.1) is 0 Å². The van der Waals surface area contributed by atoms with E-state index < -0.39 is 8.32 Å². The Bertz CT molecular complexity index is 169. The Morgan fingerprint density at radius 1 is 0.600 bits per heavy atom. The molecule has 0 aromatic heterocycles. The minimum atomic E-state index is -2.35. The summed E-state index contributed by atoms with van der Waals surface area (Å²) in [4.78, 5) is 11.2. The third-order valence-corrected chi connectivity index (χ3v) is 9.77. The summed E-state index contributed by atoms with van der Waals surface area (Å²) in [7, 11) is -2.35. The zero-order valence-corrected chi connectivity index (χ0v) is 12.4. The SMILES string of the molecule is CC(C)(C)[Si](O)(C(C)(C)C)C(C)(C)C.[LiH]. The average Bonchev–Trinajstić information content (AvgIpc) is 1.77. The molecule has 0 saturated carbocycles. The van der Waals surface area contributed by atoms with Crippen LogP contribution in [0, 0.1) is 0 Å². The first-order chi connectivity index (χ1) is 5.75. The fourth-order valence-corrected chi connectivity index (χ4v) is 10.1. The summed E-state index contributed by atoms with van der Waals surface area (Å²) in [6, 6.07) is 0. The van der Waals surface area contributed by atoms with Gasteiger partial charge in [-0.3, -0.25) is 0 Å². The van der Waals surface area contributed by atoms with Crippen molar-refractivity contribution >= 4 is 27.2 Å². The van der Waals surface area contributed by atoms with Crippen LogP contribution in [0.1, 0.15) is 62.3 Å². The van der Waals surface area contributed by atoms with E-state index >= 15 is 0 Å². The van der Waals surface area contributed by atoms with Crippen molar-refractivity contribution in [3.63, 3.8) is 0 Å². The van der Waals surface area contributed by atoms with E-state index in [1.807, 2.05) is 0 Å². The van der Waals surface area contributed by atoms with Crippen LogP contribution >= 0.6 is 0 Å². The van der Waals surface area contributed by atoms with Crippen LogP contribution < -0.4 is 0 Å². The molecule has 0 saturated heterocycles. The van der Waals surface area contributed by atoms with Crippen molar-refractivity contribution in [2.24, 2.45) is 0 Å². The van der Waals surface area contributed by atoms with E-state index in [4.69, 9.17) is 0 Å². The molecule has 1 N–H and O–H groups in total. The Labute approximate surface area is 109 Å². The van der Waals surface area contributed by atoms with Crippen molar-refractivity contribution in [3.05, 3.63) is 0 Å². The summed E-state index contributed by atoms with van der Waals surface area (Å²) < 4.78 is 0. The zero-order valence-electron chi connectivity index (χ0n) is 11.4. The molecule has 0 spiro atoms. The number of hydrogen-bond acceptors (Lipinski definition) is 1. The fraction of sp³-hybridized carbons (Fsp3) is 1.00. The van der Waals surface area contributed by atoms with E-state index in [1.165, 1.54) is 0 Å². The van der Waals surface area contributed by atoms with Crippen molar-refractivity contribution in [2.75, 3.05) is 0 Å². The summed E-state index contributed by atoms with van der Waals surface area (Å²) in [5.74, 6) is 0. The topological polar surface area (TPSA) is 20.2 Å². The molecule has 0 atom stereocenters. The van der Waals surface area contributed by atoms with Gasteiger partial charge in [0.1, 0.15) is 0 Å². The fourth-order valence-electron chi connectivity index (χ4n) is 3.38. The predicted octanol–water partition coefficient (Wildman–Crippen LogP) is 3.68. The van der Waals surface area contributed by atoms with Crippen molar-refractivity contribution in [2.45, 2.75) is 77.4 Å². The summed E-state index contributed by atoms with van der Waals surface area (Å²) in [5.41, 5.74) is 0. The molecule has 15 heavy (non-hydrogen) atoms. The van der Waals surface area contributed by atoms with Crippen LogP contribution in [0.2, 0.25) is 15.1 Å². The van der Waals surface area contributed by atoms with Crippen LogP contribution in [0.15, 0.2) is 0 Å². The monoisotopic (exact) mass is 224 g/mol. The molecule has 0 heterocycles. The molecule has 3 heteroatoms. The molecule has 88 valence electrons. The van der Waals surface area contributed by atoms with Gasteiger partial charge in [-0.25, -0.2) is 0 Å². The zero-order chi connectivity index (χ0) is 12.0. The van der Waals surface area contributed by atoms with Crippen LogP contribution in [-0.2, 0) is 0 Å². The van der Waals surface area contributed by atoms with Gasteiger partial charge in [-0.05, 0) is 15.1 Å². The predicted molar refractivity (Wildman–Crippen MR) is 74.3 cm³/mol. The van der Waals surface area contributed by atoms with Crippen molar-refractivity contribution in [1.82, 2.24) is 0 Å². The third-order valence-electron chi connectivity index (χ3n) is 3.26. The van der Waals surface area contributed by atoms with Crippen molar-refractivity contribution in [3.8, 4) is 0 Å². The van der Waals surface area contributed by atoms with E-state index in [1.54, 1.807) is 0 Å². The molecule has 0 amide bonds. The Morgan fingerprint density at radius 2 is 0.733 bits per heavy atom. The first kappa shape index (κ1) is 18.1. The van der Waals surface area contributed by atoms with Crippen molar-refractivity contribution in [1.29, 1.82) is 0 Å². The molecule has 0 unspecified atom stereocenters. The van der Waals surface area contributed by atoms with Gasteiger partial charge in [0, 0.05) is 0 Å². The molecule has 1 nitrogen and oxygen atoms in total. The normalized spacial score (nSPS) is 14.8. The second-order valence-corrected chi connectivity index (χ2v) is 13.4. The molecule has 0 bridgehead atoms. The average molecular weight is 224 g/mol. The van der Waals surface area contributed by atoms with Crippen molar-refractivity contribution < 1.29 is 4.80 Å². The van der Waals surface area contributed by atoms with Crippen LogP contribution in [0.25, 0.3) is 0 Å².